The predicted octanol–water partition coefficient (Wildman–Crippen LogP) is 2.84. The van der Waals surface area contributed by atoms with Crippen molar-refractivity contribution in [2.24, 2.45) is 5.92 Å². The highest BCUT2D eigenvalue weighted by atomic mass is 19.1. The molecule has 106 valence electrons. The number of halogens is 1. The molecule has 0 aliphatic rings. The van der Waals surface area contributed by atoms with Crippen molar-refractivity contribution < 1.29 is 18.8 Å². The minimum atomic E-state index is -0.863. The molecule has 1 atom stereocenters. The van der Waals surface area contributed by atoms with Crippen molar-refractivity contribution >= 4 is 5.97 Å². The van der Waals surface area contributed by atoms with Gasteiger partial charge in [0.25, 0.3) is 0 Å². The number of benzene rings is 1. The SMILES string of the molecule is Cc1ccc(F)cc1-c1noc(CC(C)CC(=O)O)n1. The Morgan fingerprint density at radius 3 is 2.95 bits per heavy atom. The van der Waals surface area contributed by atoms with Crippen molar-refractivity contribution in [2.45, 2.75) is 26.7 Å². The van der Waals surface area contributed by atoms with Gasteiger partial charge in [-0.25, -0.2) is 4.39 Å². The van der Waals surface area contributed by atoms with E-state index in [1.807, 2.05) is 6.92 Å². The lowest BCUT2D eigenvalue weighted by atomic mass is 10.0. The Balaban J connectivity index is 2.16. The third-order valence-corrected chi connectivity index (χ3v) is 2.95. The van der Waals surface area contributed by atoms with Gasteiger partial charge >= 0.3 is 5.97 Å². The molecule has 6 heteroatoms. The average molecular weight is 278 g/mol. The molecule has 20 heavy (non-hydrogen) atoms. The predicted molar refractivity (Wildman–Crippen MR) is 69.5 cm³/mol. The summed E-state index contributed by atoms with van der Waals surface area (Å²) in [4.78, 5) is 14.8. The Hall–Kier alpha value is -2.24. The molecular weight excluding hydrogens is 263 g/mol. The van der Waals surface area contributed by atoms with Crippen molar-refractivity contribution in [1.29, 1.82) is 0 Å². The topological polar surface area (TPSA) is 76.2 Å². The second-order valence-corrected chi connectivity index (χ2v) is 4.88. The van der Waals surface area contributed by atoms with Crippen LogP contribution in [0.4, 0.5) is 4.39 Å². The summed E-state index contributed by atoms with van der Waals surface area (Å²) >= 11 is 0. The van der Waals surface area contributed by atoms with Crippen LogP contribution in [-0.4, -0.2) is 21.2 Å². The van der Waals surface area contributed by atoms with E-state index in [9.17, 15) is 9.18 Å². The summed E-state index contributed by atoms with van der Waals surface area (Å²) in [7, 11) is 0. The van der Waals surface area contributed by atoms with Gasteiger partial charge in [-0.1, -0.05) is 18.1 Å². The maximum atomic E-state index is 13.2. The highest BCUT2D eigenvalue weighted by molar-refractivity contribution is 5.67. The van der Waals surface area contributed by atoms with Crippen molar-refractivity contribution in [2.75, 3.05) is 0 Å². The van der Waals surface area contributed by atoms with Crippen LogP contribution in [-0.2, 0) is 11.2 Å². The van der Waals surface area contributed by atoms with Gasteiger partial charge in [0.1, 0.15) is 5.82 Å². The van der Waals surface area contributed by atoms with E-state index in [-0.39, 0.29) is 18.2 Å². The number of aryl methyl sites for hydroxylation is 1. The van der Waals surface area contributed by atoms with Crippen LogP contribution >= 0.6 is 0 Å². The molecule has 0 saturated carbocycles. The van der Waals surface area contributed by atoms with Crippen LogP contribution in [0.1, 0.15) is 24.8 Å². The molecule has 0 aliphatic carbocycles. The molecule has 0 saturated heterocycles. The van der Waals surface area contributed by atoms with E-state index in [2.05, 4.69) is 10.1 Å². The van der Waals surface area contributed by atoms with Gasteiger partial charge in [-0.2, -0.15) is 4.98 Å². The Kier molecular flexibility index (Phi) is 4.12. The van der Waals surface area contributed by atoms with Crippen LogP contribution in [0.15, 0.2) is 22.7 Å². The normalized spacial score (nSPS) is 12.3. The van der Waals surface area contributed by atoms with E-state index >= 15 is 0 Å². The summed E-state index contributed by atoms with van der Waals surface area (Å²) in [6, 6.07) is 4.37. The number of aromatic nitrogens is 2. The molecule has 0 aliphatic heterocycles. The number of nitrogens with zero attached hydrogens (tertiary/aromatic N) is 2. The second kappa shape index (κ2) is 5.81. The van der Waals surface area contributed by atoms with Crippen LogP contribution in [0.2, 0.25) is 0 Å². The zero-order valence-electron chi connectivity index (χ0n) is 11.3. The van der Waals surface area contributed by atoms with Crippen molar-refractivity contribution in [3.05, 3.63) is 35.5 Å². The molecular formula is C14H15FN2O3. The highest BCUT2D eigenvalue weighted by Crippen LogP contribution is 2.22. The van der Waals surface area contributed by atoms with E-state index in [1.165, 1.54) is 12.1 Å². The van der Waals surface area contributed by atoms with Gasteiger partial charge in [0.15, 0.2) is 0 Å². The van der Waals surface area contributed by atoms with Crippen molar-refractivity contribution in [3.63, 3.8) is 0 Å². The van der Waals surface area contributed by atoms with Gasteiger partial charge in [0.2, 0.25) is 11.7 Å². The quantitative estimate of drug-likeness (QED) is 0.910. The zero-order valence-corrected chi connectivity index (χ0v) is 11.3. The molecule has 1 N–H and O–H groups in total. The Labute approximate surface area is 115 Å². The molecule has 1 unspecified atom stereocenters. The fraction of sp³-hybridized carbons (Fsp3) is 0.357. The van der Waals surface area contributed by atoms with Gasteiger partial charge in [-0.3, -0.25) is 4.79 Å². The van der Waals surface area contributed by atoms with Gasteiger partial charge in [-0.15, -0.1) is 0 Å². The minimum absolute atomic E-state index is 0.0384. The third kappa shape index (κ3) is 3.40. The Bertz CT molecular complexity index is 625. The van der Waals surface area contributed by atoms with Crippen molar-refractivity contribution in [3.8, 4) is 11.4 Å². The third-order valence-electron chi connectivity index (χ3n) is 2.95. The van der Waals surface area contributed by atoms with Gasteiger partial charge < -0.3 is 9.63 Å². The van der Waals surface area contributed by atoms with Gasteiger partial charge in [0.05, 0.1) is 0 Å². The lowest BCUT2D eigenvalue weighted by Crippen LogP contribution is -2.07. The zero-order chi connectivity index (χ0) is 14.7. The molecule has 0 bridgehead atoms. The molecule has 1 heterocycles. The maximum absolute atomic E-state index is 13.2. The van der Waals surface area contributed by atoms with Crippen LogP contribution < -0.4 is 0 Å². The Morgan fingerprint density at radius 1 is 1.50 bits per heavy atom. The lowest BCUT2D eigenvalue weighted by molar-refractivity contribution is -0.137. The molecule has 0 fully saturated rings. The van der Waals surface area contributed by atoms with E-state index in [0.717, 1.165) is 5.56 Å². The molecule has 0 spiro atoms. The summed E-state index contributed by atoms with van der Waals surface area (Å²) in [6.45, 7) is 3.63. The first-order valence-electron chi connectivity index (χ1n) is 6.26. The molecule has 1 aromatic carbocycles. The second-order valence-electron chi connectivity index (χ2n) is 4.88. The average Bonchev–Trinajstić information content (AvgIpc) is 2.79. The first kappa shape index (κ1) is 14.2. The number of rotatable bonds is 5. The maximum Gasteiger partial charge on any atom is 0.303 e. The number of carboxylic acids is 1. The molecule has 1 aromatic heterocycles. The van der Waals surface area contributed by atoms with Crippen LogP contribution in [0.25, 0.3) is 11.4 Å². The highest BCUT2D eigenvalue weighted by Gasteiger charge is 2.15. The monoisotopic (exact) mass is 278 g/mol. The van der Waals surface area contributed by atoms with Crippen LogP contribution in [0.3, 0.4) is 0 Å². The van der Waals surface area contributed by atoms with Crippen LogP contribution in [0, 0.1) is 18.7 Å². The number of carbonyl (C=O) groups is 1. The minimum Gasteiger partial charge on any atom is -0.481 e. The first-order chi connectivity index (χ1) is 9.45. The number of carboxylic acid groups (broad SMARTS) is 1. The standard InChI is InChI=1S/C14H15FN2O3/c1-8(6-13(18)19)5-12-16-14(17-20-12)11-7-10(15)4-3-9(11)2/h3-4,7-8H,5-6H2,1-2H3,(H,18,19). The number of hydrogen-bond donors (Lipinski definition) is 1. The molecule has 2 rings (SSSR count). The number of hydrogen-bond acceptors (Lipinski definition) is 4. The smallest absolute Gasteiger partial charge is 0.303 e. The summed E-state index contributed by atoms with van der Waals surface area (Å²) in [6.07, 6.45) is 0.421. The van der Waals surface area contributed by atoms with E-state index in [1.54, 1.807) is 13.0 Å². The van der Waals surface area contributed by atoms with E-state index < -0.39 is 5.97 Å². The van der Waals surface area contributed by atoms with Gasteiger partial charge in [-0.05, 0) is 30.5 Å². The molecule has 2 aromatic rings. The van der Waals surface area contributed by atoms with E-state index in [4.69, 9.17) is 9.63 Å². The Morgan fingerprint density at radius 2 is 2.25 bits per heavy atom. The van der Waals surface area contributed by atoms with E-state index in [0.29, 0.717) is 23.7 Å². The lowest BCUT2D eigenvalue weighted by Gasteiger charge is -2.03. The van der Waals surface area contributed by atoms with Crippen LogP contribution in [0.5, 0.6) is 0 Å². The number of aliphatic carboxylic acids is 1. The van der Waals surface area contributed by atoms with Gasteiger partial charge in [0, 0.05) is 18.4 Å². The first-order valence-corrected chi connectivity index (χ1v) is 6.26. The molecule has 5 nitrogen and oxygen atoms in total. The fourth-order valence-corrected chi connectivity index (χ4v) is 1.95. The summed E-state index contributed by atoms with van der Waals surface area (Å²) in [5.74, 6) is -0.652. The summed E-state index contributed by atoms with van der Waals surface area (Å²) in [5.41, 5.74) is 1.42. The fourth-order valence-electron chi connectivity index (χ4n) is 1.95. The van der Waals surface area contributed by atoms with Crippen molar-refractivity contribution in [1.82, 2.24) is 10.1 Å². The molecule has 0 radical (unpaired) electrons. The summed E-state index contributed by atoms with van der Waals surface area (Å²) in [5, 5.41) is 12.5. The molecule has 0 amide bonds. The summed E-state index contributed by atoms with van der Waals surface area (Å²) < 4.78 is 18.3. The largest absolute Gasteiger partial charge is 0.481 e.